The lowest BCUT2D eigenvalue weighted by Crippen LogP contribution is -2.33. The molecule has 3 atom stereocenters. The second-order valence-corrected chi connectivity index (χ2v) is 7.86. The van der Waals surface area contributed by atoms with Crippen LogP contribution < -0.4 is 4.74 Å². The predicted octanol–water partition coefficient (Wildman–Crippen LogP) is 4.37. The normalized spacial score (nSPS) is 15.8. The highest BCUT2D eigenvalue weighted by Crippen LogP contribution is 2.33. The van der Waals surface area contributed by atoms with Crippen LogP contribution in [0.5, 0.6) is 11.5 Å². The highest BCUT2D eigenvalue weighted by atomic mass is 127. The van der Waals surface area contributed by atoms with Crippen molar-refractivity contribution in [2.24, 2.45) is 11.8 Å². The van der Waals surface area contributed by atoms with E-state index in [4.69, 9.17) is 4.74 Å². The molecule has 0 saturated heterocycles. The molecule has 0 radical (unpaired) electrons. The maximum Gasteiger partial charge on any atom is 0.171 e. The van der Waals surface area contributed by atoms with Crippen molar-refractivity contribution < 1.29 is 20.1 Å². The fourth-order valence-electron chi connectivity index (χ4n) is 2.73. The maximum atomic E-state index is 10.4. The lowest BCUT2D eigenvalue weighted by atomic mass is 9.86. The third-order valence-corrected chi connectivity index (χ3v) is 5.13. The molecule has 1 rings (SSSR count). The number of rotatable bonds is 9. The molecule has 0 spiro atoms. The van der Waals surface area contributed by atoms with Crippen molar-refractivity contribution in [1.29, 1.82) is 0 Å². The quantitative estimate of drug-likeness (QED) is 0.378. The first-order valence-electron chi connectivity index (χ1n) is 8.43. The monoisotopic (exact) mass is 460 g/mol. The largest absolute Gasteiger partial charge is 0.504 e. The van der Waals surface area contributed by atoms with E-state index >= 15 is 0 Å². The van der Waals surface area contributed by atoms with Gasteiger partial charge in [-0.1, -0.05) is 31.6 Å². The first-order chi connectivity index (χ1) is 11.7. The minimum atomic E-state index is -0.632. The second-order valence-electron chi connectivity index (χ2n) is 6.70. The highest BCUT2D eigenvalue weighted by molar-refractivity contribution is 14.1. The number of phenols is 1. The van der Waals surface area contributed by atoms with Gasteiger partial charge in [-0.3, -0.25) is 0 Å². The predicted molar refractivity (Wildman–Crippen MR) is 111 cm³/mol. The summed E-state index contributed by atoms with van der Waals surface area (Å²) in [4.78, 5) is 0. The average molecular weight is 460 g/mol. The number of hydrogen-bond acceptors (Lipinski definition) is 4. The van der Waals surface area contributed by atoms with Crippen molar-refractivity contribution in [3.05, 3.63) is 39.5 Å². The van der Waals surface area contributed by atoms with Crippen LogP contribution in [0, 0.1) is 15.4 Å². The number of aliphatic hydroxyl groups is 2. The summed E-state index contributed by atoms with van der Waals surface area (Å²) in [6.45, 7) is 9.60. The van der Waals surface area contributed by atoms with Gasteiger partial charge in [-0.05, 0) is 66.0 Å². The molecule has 25 heavy (non-hydrogen) atoms. The van der Waals surface area contributed by atoms with Crippen LogP contribution in [-0.4, -0.2) is 34.6 Å². The van der Waals surface area contributed by atoms with E-state index in [-0.39, 0.29) is 17.6 Å². The molecule has 5 heteroatoms. The molecule has 0 fully saturated rings. The molecule has 4 nitrogen and oxygen atoms in total. The summed E-state index contributed by atoms with van der Waals surface area (Å²) < 4.78 is 5.90. The molecule has 0 aliphatic carbocycles. The Bertz CT molecular complexity index is 610. The molecule has 140 valence electrons. The van der Waals surface area contributed by atoms with Crippen molar-refractivity contribution in [2.45, 2.75) is 45.8 Å². The van der Waals surface area contributed by atoms with E-state index in [1.807, 2.05) is 32.9 Å². The third kappa shape index (κ3) is 6.31. The average Bonchev–Trinajstić information content (AvgIpc) is 2.56. The molecule has 1 aromatic rings. The minimum Gasteiger partial charge on any atom is -0.504 e. The number of aromatic hydroxyl groups is 1. The first kappa shape index (κ1) is 22.0. The minimum absolute atomic E-state index is 0.0702. The van der Waals surface area contributed by atoms with E-state index in [2.05, 4.69) is 29.2 Å². The second kappa shape index (κ2) is 10.2. The summed E-state index contributed by atoms with van der Waals surface area (Å²) in [7, 11) is 1.53. The van der Waals surface area contributed by atoms with Crippen molar-refractivity contribution in [1.82, 2.24) is 0 Å². The number of methoxy groups -OCH3 is 1. The van der Waals surface area contributed by atoms with Crippen LogP contribution in [0.25, 0.3) is 6.08 Å². The van der Waals surface area contributed by atoms with Crippen molar-refractivity contribution >= 4 is 28.7 Å². The van der Waals surface area contributed by atoms with Crippen molar-refractivity contribution in [2.75, 3.05) is 7.11 Å². The van der Waals surface area contributed by atoms with Gasteiger partial charge in [0.15, 0.2) is 11.5 Å². The topological polar surface area (TPSA) is 69.9 Å². The summed E-state index contributed by atoms with van der Waals surface area (Å²) >= 11 is 2.07. The molecule has 0 aliphatic rings. The number of phenolic OH excluding ortho intramolecular Hbond substituents is 1. The van der Waals surface area contributed by atoms with Gasteiger partial charge in [-0.2, -0.15) is 0 Å². The van der Waals surface area contributed by atoms with Crippen molar-refractivity contribution in [3.8, 4) is 11.5 Å². The summed E-state index contributed by atoms with van der Waals surface area (Å²) in [5, 5.41) is 30.5. The molecular formula is C20H29IO4. The Balaban J connectivity index is 2.79. The standard InChI is InChI=1S/C20H29IO4/c1-6-15(19(23)12(2)3)17(22)8-7-13(4)9-14-10-16(21)20(24)18(11-14)25-5/h6,9-12,15,17,19,22-24H,1,7-8H2,2-5H3/b13-9+/t15-,17-,19-/m1/s1. The van der Waals surface area contributed by atoms with Crippen LogP contribution in [0.3, 0.4) is 0 Å². The van der Waals surface area contributed by atoms with Gasteiger partial charge in [0.2, 0.25) is 0 Å². The van der Waals surface area contributed by atoms with Gasteiger partial charge in [0.1, 0.15) is 0 Å². The molecule has 0 aromatic heterocycles. The Labute approximate surface area is 164 Å². The van der Waals surface area contributed by atoms with Gasteiger partial charge >= 0.3 is 0 Å². The van der Waals surface area contributed by atoms with Gasteiger partial charge in [0.25, 0.3) is 0 Å². The molecule has 0 amide bonds. The Kier molecular flexibility index (Phi) is 8.96. The molecule has 1 aromatic carbocycles. The Hall–Kier alpha value is -1.05. The van der Waals surface area contributed by atoms with E-state index in [1.54, 1.807) is 12.1 Å². The van der Waals surface area contributed by atoms with Crippen LogP contribution in [0.4, 0.5) is 0 Å². The SMILES string of the molecule is C=C[C@H]([C@H](O)CC/C(C)=C/c1cc(I)c(O)c(OC)c1)[C@H](O)C(C)C. The summed E-state index contributed by atoms with van der Waals surface area (Å²) in [5.74, 6) is 0.325. The number of aliphatic hydroxyl groups excluding tert-OH is 2. The van der Waals surface area contributed by atoms with Gasteiger partial charge in [0.05, 0.1) is 22.9 Å². The van der Waals surface area contributed by atoms with Crippen LogP contribution in [0.15, 0.2) is 30.4 Å². The van der Waals surface area contributed by atoms with Crippen LogP contribution >= 0.6 is 22.6 Å². The summed E-state index contributed by atoms with van der Waals surface area (Å²) in [5.41, 5.74) is 2.04. The Morgan fingerprint density at radius 2 is 1.96 bits per heavy atom. The number of halogens is 1. The molecule has 0 saturated carbocycles. The van der Waals surface area contributed by atoms with Crippen LogP contribution in [-0.2, 0) is 0 Å². The maximum absolute atomic E-state index is 10.4. The van der Waals surface area contributed by atoms with Gasteiger partial charge in [-0.25, -0.2) is 0 Å². The number of allylic oxidation sites excluding steroid dienone is 1. The van der Waals surface area contributed by atoms with E-state index in [0.29, 0.717) is 18.6 Å². The van der Waals surface area contributed by atoms with Crippen molar-refractivity contribution in [3.63, 3.8) is 0 Å². The highest BCUT2D eigenvalue weighted by Gasteiger charge is 2.26. The molecule has 0 bridgehead atoms. The van der Waals surface area contributed by atoms with E-state index < -0.39 is 12.2 Å². The molecule has 0 aliphatic heterocycles. The van der Waals surface area contributed by atoms with E-state index in [1.165, 1.54) is 7.11 Å². The fourth-order valence-corrected chi connectivity index (χ4v) is 3.35. The van der Waals surface area contributed by atoms with Crippen LogP contribution in [0.1, 0.15) is 39.2 Å². The number of hydrogen-bond donors (Lipinski definition) is 3. The summed E-state index contributed by atoms with van der Waals surface area (Å²) in [6.07, 6.45) is 3.68. The molecule has 3 N–H and O–H groups in total. The first-order valence-corrected chi connectivity index (χ1v) is 9.51. The zero-order chi connectivity index (χ0) is 19.1. The van der Waals surface area contributed by atoms with Gasteiger partial charge < -0.3 is 20.1 Å². The Morgan fingerprint density at radius 1 is 1.32 bits per heavy atom. The van der Waals surface area contributed by atoms with E-state index in [9.17, 15) is 15.3 Å². The number of benzene rings is 1. The Morgan fingerprint density at radius 3 is 2.48 bits per heavy atom. The van der Waals surface area contributed by atoms with Gasteiger partial charge in [-0.15, -0.1) is 6.58 Å². The molecular weight excluding hydrogens is 431 g/mol. The summed E-state index contributed by atoms with van der Waals surface area (Å²) in [6, 6.07) is 3.67. The zero-order valence-corrected chi connectivity index (χ0v) is 17.5. The van der Waals surface area contributed by atoms with E-state index in [0.717, 1.165) is 14.7 Å². The fraction of sp³-hybridized carbons (Fsp3) is 0.500. The lowest BCUT2D eigenvalue weighted by molar-refractivity contribution is 0.00890. The van der Waals surface area contributed by atoms with Gasteiger partial charge in [0, 0.05) is 5.92 Å². The molecule has 0 heterocycles. The third-order valence-electron chi connectivity index (χ3n) is 4.31. The smallest absolute Gasteiger partial charge is 0.171 e. The lowest BCUT2D eigenvalue weighted by Gasteiger charge is -2.27. The van der Waals surface area contributed by atoms with Crippen LogP contribution in [0.2, 0.25) is 0 Å². The molecule has 0 unspecified atom stereocenters. The zero-order valence-electron chi connectivity index (χ0n) is 15.4. The number of ether oxygens (including phenoxy) is 1.